The second-order valence-corrected chi connectivity index (χ2v) is 8.52. The summed E-state index contributed by atoms with van der Waals surface area (Å²) in [6.07, 6.45) is 2.51. The molecule has 5 nitrogen and oxygen atoms in total. The van der Waals surface area contributed by atoms with Gasteiger partial charge in [-0.1, -0.05) is 60.5 Å². The molecule has 146 valence electrons. The third-order valence-electron chi connectivity index (χ3n) is 4.09. The lowest BCUT2D eigenvalue weighted by molar-refractivity contribution is -0.145. The van der Waals surface area contributed by atoms with Crippen LogP contribution in [-0.2, 0) is 9.59 Å². The first-order valence-corrected chi connectivity index (χ1v) is 10.3. The van der Waals surface area contributed by atoms with Gasteiger partial charge in [0.05, 0.1) is 15.0 Å². The molecular weight excluding hydrogens is 441 g/mol. The number of benzene rings is 1. The minimum absolute atomic E-state index is 0.230. The molecule has 1 aliphatic rings. The predicted octanol–water partition coefficient (Wildman–Crippen LogP) is 5.71. The lowest BCUT2D eigenvalue weighted by Crippen LogP contribution is -2.43. The number of carboxylic acids is 1. The molecule has 28 heavy (non-hydrogen) atoms. The summed E-state index contributed by atoms with van der Waals surface area (Å²) in [5.41, 5.74) is 0.746. The van der Waals surface area contributed by atoms with Crippen LogP contribution in [0.25, 0.3) is 17.4 Å². The largest absolute Gasteiger partial charge is 0.480 e. The zero-order valence-corrected chi connectivity index (χ0v) is 17.8. The molecule has 2 aromatic rings. The van der Waals surface area contributed by atoms with E-state index in [-0.39, 0.29) is 4.32 Å². The maximum atomic E-state index is 12.7. The maximum absolute atomic E-state index is 12.7. The minimum atomic E-state index is -1.07. The van der Waals surface area contributed by atoms with Crippen LogP contribution in [0.15, 0.2) is 39.7 Å². The number of aliphatic carboxylic acids is 1. The molecule has 1 N–H and O–H groups in total. The predicted molar refractivity (Wildman–Crippen MR) is 116 cm³/mol. The lowest BCUT2D eigenvalue weighted by atomic mass is 10.1. The number of carboxylic acid groups (broad SMARTS) is 1. The summed E-state index contributed by atoms with van der Waals surface area (Å²) >= 11 is 18.3. The molecule has 0 bridgehead atoms. The Morgan fingerprint density at radius 3 is 2.71 bits per heavy atom. The van der Waals surface area contributed by atoms with Crippen molar-refractivity contribution in [1.29, 1.82) is 0 Å². The van der Waals surface area contributed by atoms with Gasteiger partial charge in [0.1, 0.15) is 21.9 Å². The van der Waals surface area contributed by atoms with Crippen molar-refractivity contribution >= 4 is 69.5 Å². The fraction of sp³-hybridized carbons (Fsp3) is 0.211. The molecule has 9 heteroatoms. The Bertz CT molecular complexity index is 986. The summed E-state index contributed by atoms with van der Waals surface area (Å²) in [5, 5.41) is 10.3. The molecule has 1 aromatic carbocycles. The number of hydrogen-bond donors (Lipinski definition) is 1. The minimum Gasteiger partial charge on any atom is -0.480 e. The lowest BCUT2D eigenvalue weighted by Gasteiger charge is -2.22. The van der Waals surface area contributed by atoms with Crippen molar-refractivity contribution in [3.05, 3.63) is 51.0 Å². The van der Waals surface area contributed by atoms with Crippen LogP contribution in [-0.4, -0.2) is 32.2 Å². The van der Waals surface area contributed by atoms with Crippen LogP contribution >= 0.6 is 47.2 Å². The van der Waals surface area contributed by atoms with Crippen molar-refractivity contribution in [2.45, 2.75) is 25.8 Å². The standard InChI is InChI=1S/C19H15Cl2NO4S2/c1-2-3-14(18(24)25)22-17(23)16(28-19(22)27)9-11-5-7-15(26-11)10-4-6-12(20)13(21)8-10/h4-9,14H,2-3H2,1H3,(H,24,25)/b16-9+. The fourth-order valence-electron chi connectivity index (χ4n) is 2.75. The molecule has 0 saturated carbocycles. The maximum Gasteiger partial charge on any atom is 0.326 e. The van der Waals surface area contributed by atoms with Crippen LogP contribution in [0.5, 0.6) is 0 Å². The zero-order valence-electron chi connectivity index (χ0n) is 14.6. The van der Waals surface area contributed by atoms with E-state index >= 15 is 0 Å². The van der Waals surface area contributed by atoms with E-state index in [0.29, 0.717) is 39.3 Å². The molecule has 2 heterocycles. The molecule has 1 fully saturated rings. The summed E-state index contributed by atoms with van der Waals surface area (Å²) in [7, 11) is 0. The van der Waals surface area contributed by atoms with E-state index in [9.17, 15) is 14.7 Å². The van der Waals surface area contributed by atoms with E-state index in [4.69, 9.17) is 39.8 Å². The zero-order chi connectivity index (χ0) is 20.4. The smallest absolute Gasteiger partial charge is 0.326 e. The molecule has 0 aliphatic carbocycles. The highest BCUT2D eigenvalue weighted by molar-refractivity contribution is 8.26. The van der Waals surface area contributed by atoms with E-state index < -0.39 is 17.9 Å². The summed E-state index contributed by atoms with van der Waals surface area (Å²) in [6.45, 7) is 1.86. The third kappa shape index (κ3) is 4.27. The Labute approximate surface area is 181 Å². The second-order valence-electron chi connectivity index (χ2n) is 6.03. The Hall–Kier alpha value is -1.80. The number of carbonyl (C=O) groups excluding carboxylic acids is 1. The van der Waals surface area contributed by atoms with Gasteiger partial charge in [-0.05, 0) is 36.8 Å². The van der Waals surface area contributed by atoms with Gasteiger partial charge >= 0.3 is 5.97 Å². The molecule has 3 rings (SSSR count). The number of thiocarbonyl (C=S) groups is 1. The van der Waals surface area contributed by atoms with Crippen molar-refractivity contribution in [2.24, 2.45) is 0 Å². The normalized spacial score (nSPS) is 16.8. The summed E-state index contributed by atoms with van der Waals surface area (Å²) in [6, 6.07) is 7.64. The number of amides is 1. The van der Waals surface area contributed by atoms with Crippen molar-refractivity contribution in [3.63, 3.8) is 0 Å². The first kappa shape index (κ1) is 20.9. The van der Waals surface area contributed by atoms with Crippen LogP contribution in [0.1, 0.15) is 25.5 Å². The van der Waals surface area contributed by atoms with Gasteiger partial charge < -0.3 is 9.52 Å². The van der Waals surface area contributed by atoms with Gasteiger partial charge in [0.25, 0.3) is 5.91 Å². The van der Waals surface area contributed by atoms with Gasteiger partial charge in [-0.25, -0.2) is 4.79 Å². The van der Waals surface area contributed by atoms with Crippen LogP contribution in [0.3, 0.4) is 0 Å². The van der Waals surface area contributed by atoms with Gasteiger partial charge in [-0.15, -0.1) is 0 Å². The summed E-state index contributed by atoms with van der Waals surface area (Å²) < 4.78 is 6.01. The number of rotatable bonds is 6. The molecule has 0 radical (unpaired) electrons. The van der Waals surface area contributed by atoms with Crippen LogP contribution in [0, 0.1) is 0 Å². The SMILES string of the molecule is CCCC(C(=O)O)N1C(=O)/C(=C\c2ccc(-c3ccc(Cl)c(Cl)c3)o2)SC1=S. The molecule has 1 aromatic heterocycles. The molecule has 1 atom stereocenters. The topological polar surface area (TPSA) is 70.8 Å². The van der Waals surface area contributed by atoms with Crippen molar-refractivity contribution in [1.82, 2.24) is 4.90 Å². The van der Waals surface area contributed by atoms with E-state index in [0.717, 1.165) is 17.3 Å². The molecule has 0 spiro atoms. The van der Waals surface area contributed by atoms with Crippen molar-refractivity contribution in [3.8, 4) is 11.3 Å². The van der Waals surface area contributed by atoms with E-state index in [1.165, 1.54) is 4.90 Å². The first-order chi connectivity index (χ1) is 13.3. The van der Waals surface area contributed by atoms with Gasteiger partial charge in [-0.3, -0.25) is 9.69 Å². The quantitative estimate of drug-likeness (QED) is 0.444. The molecule has 1 unspecified atom stereocenters. The summed E-state index contributed by atoms with van der Waals surface area (Å²) in [5.74, 6) is -0.485. The highest BCUT2D eigenvalue weighted by Gasteiger charge is 2.40. The van der Waals surface area contributed by atoms with E-state index in [1.54, 1.807) is 36.4 Å². The Morgan fingerprint density at radius 2 is 2.07 bits per heavy atom. The van der Waals surface area contributed by atoms with Gasteiger partial charge in [0.2, 0.25) is 0 Å². The Balaban J connectivity index is 1.85. The second kappa shape index (κ2) is 8.69. The van der Waals surface area contributed by atoms with Gasteiger partial charge in [0, 0.05) is 11.6 Å². The average Bonchev–Trinajstić information content (AvgIpc) is 3.21. The molecular formula is C19H15Cl2NO4S2. The van der Waals surface area contributed by atoms with Crippen LogP contribution in [0.2, 0.25) is 10.0 Å². The van der Waals surface area contributed by atoms with Crippen molar-refractivity contribution in [2.75, 3.05) is 0 Å². The summed E-state index contributed by atoms with van der Waals surface area (Å²) in [4.78, 5) is 25.7. The molecule has 1 aliphatic heterocycles. The first-order valence-electron chi connectivity index (χ1n) is 8.37. The number of halogens is 2. The highest BCUT2D eigenvalue weighted by Crippen LogP contribution is 2.36. The highest BCUT2D eigenvalue weighted by atomic mass is 35.5. The van der Waals surface area contributed by atoms with E-state index in [2.05, 4.69) is 0 Å². The number of thioether (sulfide) groups is 1. The monoisotopic (exact) mass is 455 g/mol. The Morgan fingerprint density at radius 1 is 1.32 bits per heavy atom. The van der Waals surface area contributed by atoms with Gasteiger partial charge in [-0.2, -0.15) is 0 Å². The number of nitrogens with zero attached hydrogens (tertiary/aromatic N) is 1. The third-order valence-corrected chi connectivity index (χ3v) is 6.16. The number of hydrogen-bond acceptors (Lipinski definition) is 5. The van der Waals surface area contributed by atoms with Crippen molar-refractivity contribution < 1.29 is 19.1 Å². The van der Waals surface area contributed by atoms with Gasteiger partial charge in [0.15, 0.2) is 0 Å². The number of furan rings is 1. The average molecular weight is 456 g/mol. The van der Waals surface area contributed by atoms with Crippen LogP contribution < -0.4 is 0 Å². The van der Waals surface area contributed by atoms with Crippen LogP contribution in [0.4, 0.5) is 0 Å². The fourth-order valence-corrected chi connectivity index (χ4v) is 4.38. The molecule has 1 amide bonds. The molecule has 1 saturated heterocycles. The Kier molecular flexibility index (Phi) is 6.50. The number of carbonyl (C=O) groups is 2. The van der Waals surface area contributed by atoms with E-state index in [1.807, 2.05) is 6.92 Å².